The molecule has 0 radical (unpaired) electrons. The molecule has 0 aromatic carbocycles. The van der Waals surface area contributed by atoms with Gasteiger partial charge in [0, 0.05) is 23.8 Å². The van der Waals surface area contributed by atoms with Gasteiger partial charge in [0.15, 0.2) is 0 Å². The van der Waals surface area contributed by atoms with Crippen molar-refractivity contribution >= 4 is 0 Å². The van der Waals surface area contributed by atoms with E-state index in [1.54, 1.807) is 0 Å². The normalized spacial score (nSPS) is 12.0. The first kappa shape index (κ1) is 11.2. The summed E-state index contributed by atoms with van der Waals surface area (Å²) in [5, 5.41) is 4.16. The van der Waals surface area contributed by atoms with E-state index < -0.39 is 0 Å². The van der Waals surface area contributed by atoms with Gasteiger partial charge < -0.3 is 10.5 Å². The van der Waals surface area contributed by atoms with Gasteiger partial charge in [-0.25, -0.2) is 0 Å². The van der Waals surface area contributed by atoms with Crippen LogP contribution < -0.4 is 5.73 Å². The highest BCUT2D eigenvalue weighted by atomic mass is 16.5. The van der Waals surface area contributed by atoms with Gasteiger partial charge in [-0.2, -0.15) is 5.10 Å². The molecule has 4 nitrogen and oxygen atoms in total. The molecule has 0 saturated heterocycles. The molecule has 1 heterocycles. The van der Waals surface area contributed by atoms with Crippen LogP contribution in [0.2, 0.25) is 0 Å². The lowest BCUT2D eigenvalue weighted by Gasteiger charge is -2.17. The summed E-state index contributed by atoms with van der Waals surface area (Å²) >= 11 is 0. The molecule has 80 valence electrons. The molecular formula is C10H19N3O. The largest absolute Gasteiger partial charge is 0.375 e. The van der Waals surface area contributed by atoms with Gasteiger partial charge in [0.2, 0.25) is 0 Å². The highest BCUT2D eigenvalue weighted by Crippen LogP contribution is 2.03. The van der Waals surface area contributed by atoms with Crippen LogP contribution in [0.15, 0.2) is 12.4 Å². The lowest BCUT2D eigenvalue weighted by atomic mass is 10.1. The van der Waals surface area contributed by atoms with Crippen molar-refractivity contribution in [2.75, 3.05) is 6.61 Å². The Kier molecular flexibility index (Phi) is 3.66. The lowest BCUT2D eigenvalue weighted by Crippen LogP contribution is -2.37. The third-order valence-corrected chi connectivity index (χ3v) is 1.75. The van der Waals surface area contributed by atoms with E-state index in [0.717, 1.165) is 12.1 Å². The summed E-state index contributed by atoms with van der Waals surface area (Å²) in [5.74, 6) is 0. The van der Waals surface area contributed by atoms with Crippen LogP contribution in [0, 0.1) is 0 Å². The Morgan fingerprint density at radius 2 is 2.29 bits per heavy atom. The molecule has 2 N–H and O–H groups in total. The second-order valence-electron chi connectivity index (χ2n) is 4.19. The molecule has 0 aliphatic carbocycles. The van der Waals surface area contributed by atoms with Gasteiger partial charge in [0.05, 0.1) is 19.4 Å². The van der Waals surface area contributed by atoms with Crippen molar-refractivity contribution in [2.45, 2.75) is 39.5 Å². The minimum absolute atomic E-state index is 0.263. The number of ether oxygens (including phenoxy) is 1. The molecule has 1 aromatic rings. The van der Waals surface area contributed by atoms with E-state index in [1.165, 1.54) is 0 Å². The van der Waals surface area contributed by atoms with E-state index in [0.29, 0.717) is 13.2 Å². The van der Waals surface area contributed by atoms with E-state index in [2.05, 4.69) is 12.0 Å². The first-order valence-electron chi connectivity index (χ1n) is 4.89. The summed E-state index contributed by atoms with van der Waals surface area (Å²) in [4.78, 5) is 0. The van der Waals surface area contributed by atoms with Crippen LogP contribution >= 0.6 is 0 Å². The first-order chi connectivity index (χ1) is 6.51. The summed E-state index contributed by atoms with van der Waals surface area (Å²) in [5.41, 5.74) is 6.62. The molecule has 0 saturated carbocycles. The predicted octanol–water partition coefficient (Wildman–Crippen LogP) is 1.16. The molecule has 0 bridgehead atoms. The zero-order valence-electron chi connectivity index (χ0n) is 9.16. The number of aryl methyl sites for hydroxylation is 1. The topological polar surface area (TPSA) is 53.1 Å². The van der Waals surface area contributed by atoms with E-state index in [9.17, 15) is 0 Å². The fourth-order valence-electron chi connectivity index (χ4n) is 1.09. The quantitative estimate of drug-likeness (QED) is 0.770. The smallest absolute Gasteiger partial charge is 0.0748 e. The second kappa shape index (κ2) is 4.57. The maximum absolute atomic E-state index is 5.79. The number of rotatable bonds is 5. The highest BCUT2D eigenvalue weighted by Gasteiger charge is 2.10. The predicted molar refractivity (Wildman–Crippen MR) is 55.8 cm³/mol. The van der Waals surface area contributed by atoms with Crippen LogP contribution in [-0.2, 0) is 17.9 Å². The number of aromatic nitrogens is 2. The van der Waals surface area contributed by atoms with Crippen LogP contribution in [0.5, 0.6) is 0 Å². The standard InChI is InChI=1S/C10H19N3O/c1-4-13-6-9(5-12-13)7-14-8-10(2,3)11/h5-6H,4,7-8,11H2,1-3H3. The number of nitrogens with two attached hydrogens (primary N) is 1. The van der Waals surface area contributed by atoms with Crippen LogP contribution in [0.3, 0.4) is 0 Å². The third-order valence-electron chi connectivity index (χ3n) is 1.75. The fourth-order valence-corrected chi connectivity index (χ4v) is 1.09. The van der Waals surface area contributed by atoms with Gasteiger partial charge in [-0.1, -0.05) is 0 Å². The van der Waals surface area contributed by atoms with Crippen LogP contribution in [0.4, 0.5) is 0 Å². The fraction of sp³-hybridized carbons (Fsp3) is 0.700. The maximum atomic E-state index is 5.79. The van der Waals surface area contributed by atoms with Crippen molar-refractivity contribution in [1.82, 2.24) is 9.78 Å². The molecule has 0 amide bonds. The van der Waals surface area contributed by atoms with Gasteiger partial charge in [-0.15, -0.1) is 0 Å². The number of nitrogens with zero attached hydrogens (tertiary/aromatic N) is 2. The average Bonchev–Trinajstić information content (AvgIpc) is 2.50. The molecule has 0 aliphatic heterocycles. The lowest BCUT2D eigenvalue weighted by molar-refractivity contribution is 0.0850. The molecule has 14 heavy (non-hydrogen) atoms. The molecule has 4 heteroatoms. The Morgan fingerprint density at radius 3 is 2.79 bits per heavy atom. The van der Waals surface area contributed by atoms with Gasteiger partial charge >= 0.3 is 0 Å². The molecule has 0 unspecified atom stereocenters. The van der Waals surface area contributed by atoms with Crippen molar-refractivity contribution in [3.05, 3.63) is 18.0 Å². The van der Waals surface area contributed by atoms with Gasteiger partial charge in [0.1, 0.15) is 0 Å². The molecule has 0 fully saturated rings. The zero-order valence-corrected chi connectivity index (χ0v) is 9.16. The van der Waals surface area contributed by atoms with Crippen molar-refractivity contribution < 1.29 is 4.74 Å². The summed E-state index contributed by atoms with van der Waals surface area (Å²) < 4.78 is 7.34. The van der Waals surface area contributed by atoms with Crippen LogP contribution in [0.1, 0.15) is 26.3 Å². The van der Waals surface area contributed by atoms with Crippen molar-refractivity contribution in [1.29, 1.82) is 0 Å². The summed E-state index contributed by atoms with van der Waals surface area (Å²) in [6.07, 6.45) is 3.82. The molecule has 0 atom stereocenters. The minimum Gasteiger partial charge on any atom is -0.375 e. The Balaban J connectivity index is 2.31. The molecular weight excluding hydrogens is 178 g/mol. The Hall–Kier alpha value is -0.870. The van der Waals surface area contributed by atoms with E-state index in [4.69, 9.17) is 10.5 Å². The van der Waals surface area contributed by atoms with Crippen molar-refractivity contribution in [3.8, 4) is 0 Å². The summed E-state index contributed by atoms with van der Waals surface area (Å²) in [6, 6.07) is 0. The van der Waals surface area contributed by atoms with Crippen LogP contribution in [-0.4, -0.2) is 21.9 Å². The first-order valence-corrected chi connectivity index (χ1v) is 4.89. The van der Waals surface area contributed by atoms with Crippen molar-refractivity contribution in [2.24, 2.45) is 5.73 Å². The Labute approximate surface area is 85.0 Å². The number of hydrogen-bond donors (Lipinski definition) is 1. The Morgan fingerprint density at radius 1 is 1.57 bits per heavy atom. The average molecular weight is 197 g/mol. The summed E-state index contributed by atoms with van der Waals surface area (Å²) in [7, 11) is 0. The van der Waals surface area contributed by atoms with E-state index >= 15 is 0 Å². The summed E-state index contributed by atoms with van der Waals surface area (Å²) in [6.45, 7) is 7.98. The van der Waals surface area contributed by atoms with Crippen LogP contribution in [0.25, 0.3) is 0 Å². The molecule has 0 spiro atoms. The molecule has 1 rings (SSSR count). The van der Waals surface area contributed by atoms with E-state index in [-0.39, 0.29) is 5.54 Å². The number of hydrogen-bond acceptors (Lipinski definition) is 3. The second-order valence-corrected chi connectivity index (χ2v) is 4.19. The Bertz CT molecular complexity index is 275. The minimum atomic E-state index is -0.263. The molecule has 0 aliphatic rings. The highest BCUT2D eigenvalue weighted by molar-refractivity contribution is 5.01. The van der Waals surface area contributed by atoms with E-state index in [1.807, 2.05) is 30.9 Å². The van der Waals surface area contributed by atoms with Crippen molar-refractivity contribution in [3.63, 3.8) is 0 Å². The van der Waals surface area contributed by atoms with Gasteiger partial charge in [-0.3, -0.25) is 4.68 Å². The third kappa shape index (κ3) is 3.89. The zero-order chi connectivity index (χ0) is 10.6. The van der Waals surface area contributed by atoms with Gasteiger partial charge in [-0.05, 0) is 20.8 Å². The van der Waals surface area contributed by atoms with Gasteiger partial charge in [0.25, 0.3) is 0 Å². The SMILES string of the molecule is CCn1cc(COCC(C)(C)N)cn1. The maximum Gasteiger partial charge on any atom is 0.0748 e. The molecule has 1 aromatic heterocycles. The monoisotopic (exact) mass is 197 g/mol.